The molecule has 37 heavy (non-hydrogen) atoms. The number of fused-ring (bicyclic) bond motifs is 1. The molecule has 5 nitrogen and oxygen atoms in total. The zero-order chi connectivity index (χ0) is 25.8. The molecule has 3 aromatic rings. The van der Waals surface area contributed by atoms with Crippen LogP contribution in [0.2, 0.25) is 0 Å². The van der Waals surface area contributed by atoms with Gasteiger partial charge in [-0.25, -0.2) is 8.78 Å². The molecule has 3 unspecified atom stereocenters. The lowest BCUT2D eigenvalue weighted by Gasteiger charge is -2.24. The lowest BCUT2D eigenvalue weighted by atomic mass is 9.94. The molecule has 2 saturated heterocycles. The fourth-order valence-electron chi connectivity index (χ4n) is 5.54. The summed E-state index contributed by atoms with van der Waals surface area (Å²) >= 11 is 0. The molecule has 0 spiro atoms. The summed E-state index contributed by atoms with van der Waals surface area (Å²) in [5, 5.41) is 6.32. The molecule has 1 amide bonds. The second-order valence-corrected chi connectivity index (χ2v) is 9.98. The van der Waals surface area contributed by atoms with Crippen molar-refractivity contribution in [1.82, 2.24) is 10.6 Å². The van der Waals surface area contributed by atoms with Gasteiger partial charge in [0.05, 0.1) is 11.6 Å². The van der Waals surface area contributed by atoms with Gasteiger partial charge < -0.3 is 15.5 Å². The number of carbonyl (C=O) groups is 2. The average molecular weight is 504 g/mol. The van der Waals surface area contributed by atoms with Crippen molar-refractivity contribution in [2.75, 3.05) is 24.5 Å². The Morgan fingerprint density at radius 2 is 1.78 bits per heavy atom. The predicted octanol–water partition coefficient (Wildman–Crippen LogP) is 4.31. The first kappa shape index (κ1) is 25.1. The largest absolute Gasteiger partial charge is 0.369 e. The van der Waals surface area contributed by atoms with Crippen LogP contribution in [0.1, 0.15) is 34.3 Å². The molecule has 5 rings (SSSR count). The molecule has 0 bridgehead atoms. The number of ketones is 1. The van der Waals surface area contributed by atoms with Gasteiger partial charge in [-0.05, 0) is 73.2 Å². The first-order valence-corrected chi connectivity index (χ1v) is 12.9. The van der Waals surface area contributed by atoms with E-state index in [1.165, 1.54) is 30.3 Å². The van der Waals surface area contributed by atoms with E-state index in [2.05, 4.69) is 15.5 Å². The lowest BCUT2D eigenvalue weighted by molar-refractivity contribution is -0.120. The number of rotatable bonds is 8. The molecule has 2 aliphatic heterocycles. The molecule has 0 aliphatic carbocycles. The number of amides is 1. The van der Waals surface area contributed by atoms with E-state index in [1.807, 2.05) is 30.3 Å². The molecule has 192 valence electrons. The van der Waals surface area contributed by atoms with Crippen LogP contribution < -0.4 is 15.5 Å². The maximum Gasteiger partial charge on any atom is 0.254 e. The highest BCUT2D eigenvalue weighted by atomic mass is 19.1. The molecule has 7 heteroatoms. The highest BCUT2D eigenvalue weighted by molar-refractivity contribution is 5.98. The van der Waals surface area contributed by atoms with Gasteiger partial charge in [0.1, 0.15) is 11.6 Å². The number of Topliss-reactive ketones (excluding diaryl/α,β-unsaturated/α-hetero) is 1. The fraction of sp³-hybridized carbons (Fsp3) is 0.333. The molecule has 2 fully saturated rings. The van der Waals surface area contributed by atoms with E-state index >= 15 is 0 Å². The third kappa shape index (κ3) is 5.88. The lowest BCUT2D eigenvalue weighted by Crippen LogP contribution is -2.43. The number of nitrogens with one attached hydrogen (secondary N) is 2. The van der Waals surface area contributed by atoms with Crippen LogP contribution in [0.4, 0.5) is 14.5 Å². The van der Waals surface area contributed by atoms with Crippen LogP contribution in [0, 0.1) is 17.6 Å². The molecule has 2 heterocycles. The first-order chi connectivity index (χ1) is 18.0. The van der Waals surface area contributed by atoms with Crippen molar-refractivity contribution >= 4 is 17.4 Å². The quantitative estimate of drug-likeness (QED) is 0.481. The molecular weight excluding hydrogens is 472 g/mol. The number of hydrogen-bond acceptors (Lipinski definition) is 4. The van der Waals surface area contributed by atoms with Crippen molar-refractivity contribution in [1.29, 1.82) is 0 Å². The van der Waals surface area contributed by atoms with Crippen LogP contribution in [0.5, 0.6) is 0 Å². The van der Waals surface area contributed by atoms with Crippen LogP contribution in [-0.2, 0) is 17.6 Å². The Hall–Kier alpha value is -3.58. The van der Waals surface area contributed by atoms with Crippen LogP contribution in [-0.4, -0.2) is 43.4 Å². The van der Waals surface area contributed by atoms with Crippen LogP contribution >= 0.6 is 0 Å². The van der Waals surface area contributed by atoms with E-state index in [4.69, 9.17) is 0 Å². The summed E-state index contributed by atoms with van der Waals surface area (Å²) in [6, 6.07) is 19.1. The summed E-state index contributed by atoms with van der Waals surface area (Å²) in [6.45, 7) is 2.68. The maximum atomic E-state index is 14.4. The van der Waals surface area contributed by atoms with E-state index in [9.17, 15) is 18.4 Å². The summed E-state index contributed by atoms with van der Waals surface area (Å²) in [5.74, 6) is -1.43. The van der Waals surface area contributed by atoms with Crippen molar-refractivity contribution in [3.63, 3.8) is 0 Å². The average Bonchev–Trinajstić information content (AvgIpc) is 3.33. The molecule has 0 aromatic heterocycles. The Kier molecular flexibility index (Phi) is 7.60. The van der Waals surface area contributed by atoms with Crippen molar-refractivity contribution in [3.05, 3.63) is 101 Å². The summed E-state index contributed by atoms with van der Waals surface area (Å²) in [6.07, 6.45) is 2.52. The normalized spacial score (nSPS) is 19.8. The molecule has 0 radical (unpaired) electrons. The van der Waals surface area contributed by atoms with Crippen molar-refractivity contribution in [2.45, 2.75) is 37.8 Å². The number of benzene rings is 3. The molecule has 0 saturated carbocycles. The molecule has 2 aliphatic rings. The monoisotopic (exact) mass is 503 g/mol. The molecule has 3 atom stereocenters. The summed E-state index contributed by atoms with van der Waals surface area (Å²) < 4.78 is 28.6. The van der Waals surface area contributed by atoms with Crippen molar-refractivity contribution in [3.8, 4) is 0 Å². The number of piperidine rings is 1. The van der Waals surface area contributed by atoms with Crippen LogP contribution in [0.3, 0.4) is 0 Å². The van der Waals surface area contributed by atoms with Gasteiger partial charge in [-0.3, -0.25) is 9.59 Å². The summed E-state index contributed by atoms with van der Waals surface area (Å²) in [5.41, 5.74) is 2.20. The Labute approximate surface area is 215 Å². The Morgan fingerprint density at radius 3 is 2.57 bits per heavy atom. The van der Waals surface area contributed by atoms with Gasteiger partial charge in [0, 0.05) is 31.2 Å². The minimum Gasteiger partial charge on any atom is -0.369 e. The Bertz CT molecular complexity index is 1250. The van der Waals surface area contributed by atoms with E-state index < -0.39 is 23.6 Å². The maximum absolute atomic E-state index is 14.4. The number of hydrogen-bond donors (Lipinski definition) is 2. The van der Waals surface area contributed by atoms with Crippen molar-refractivity contribution < 1.29 is 18.4 Å². The van der Waals surface area contributed by atoms with E-state index in [-0.39, 0.29) is 24.2 Å². The second kappa shape index (κ2) is 11.2. The van der Waals surface area contributed by atoms with Gasteiger partial charge >= 0.3 is 0 Å². The number of anilines is 1. The first-order valence-electron chi connectivity index (χ1n) is 12.9. The van der Waals surface area contributed by atoms with Gasteiger partial charge in [0.2, 0.25) is 0 Å². The third-order valence-corrected chi connectivity index (χ3v) is 7.44. The molecule has 3 aromatic carbocycles. The van der Waals surface area contributed by atoms with Gasteiger partial charge in [-0.1, -0.05) is 42.5 Å². The summed E-state index contributed by atoms with van der Waals surface area (Å²) in [4.78, 5) is 28.8. The topological polar surface area (TPSA) is 61.4 Å². The Morgan fingerprint density at radius 1 is 1.00 bits per heavy atom. The standard InChI is InChI=1S/C30H31F2N3O2/c31-23-12-13-28(35-18-21-9-6-14-33-27(21)19-35)22(16-23)17-29(36)26(15-20-7-2-1-3-8-20)34-30(37)24-10-4-5-11-25(24)32/h1-5,7-8,10-13,16,21,26-27,33H,6,9,14-15,17-19H2,(H,34,37). The van der Waals surface area contributed by atoms with E-state index in [1.54, 1.807) is 12.1 Å². The SMILES string of the molecule is O=C(NC(Cc1ccccc1)C(=O)Cc1cc(F)ccc1N1CC2CCCNC2C1)c1ccccc1F. The number of nitrogens with zero attached hydrogens (tertiary/aromatic N) is 1. The zero-order valence-corrected chi connectivity index (χ0v) is 20.6. The minimum absolute atomic E-state index is 0.0403. The predicted molar refractivity (Wildman–Crippen MR) is 140 cm³/mol. The fourth-order valence-corrected chi connectivity index (χ4v) is 5.54. The van der Waals surface area contributed by atoms with E-state index in [0.717, 1.165) is 43.7 Å². The van der Waals surface area contributed by atoms with Gasteiger partial charge in [0.15, 0.2) is 5.78 Å². The summed E-state index contributed by atoms with van der Waals surface area (Å²) in [7, 11) is 0. The molecular formula is C30H31F2N3O2. The highest BCUT2D eigenvalue weighted by Crippen LogP contribution is 2.32. The zero-order valence-electron chi connectivity index (χ0n) is 20.6. The third-order valence-electron chi connectivity index (χ3n) is 7.44. The second-order valence-electron chi connectivity index (χ2n) is 9.98. The van der Waals surface area contributed by atoms with Gasteiger partial charge in [-0.15, -0.1) is 0 Å². The number of carbonyl (C=O) groups excluding carboxylic acids is 2. The van der Waals surface area contributed by atoms with Gasteiger partial charge in [-0.2, -0.15) is 0 Å². The van der Waals surface area contributed by atoms with Crippen molar-refractivity contribution in [2.24, 2.45) is 5.92 Å². The van der Waals surface area contributed by atoms with Gasteiger partial charge in [0.25, 0.3) is 5.91 Å². The number of halogens is 2. The van der Waals surface area contributed by atoms with Crippen LogP contribution in [0.15, 0.2) is 72.8 Å². The smallest absolute Gasteiger partial charge is 0.254 e. The molecule has 2 N–H and O–H groups in total. The Balaban J connectivity index is 1.38. The minimum atomic E-state index is -0.895. The van der Waals surface area contributed by atoms with Crippen LogP contribution in [0.25, 0.3) is 0 Å². The highest BCUT2D eigenvalue weighted by Gasteiger charge is 2.35. The van der Waals surface area contributed by atoms with E-state index in [0.29, 0.717) is 17.5 Å².